The van der Waals surface area contributed by atoms with E-state index in [1.807, 2.05) is 40.0 Å². The van der Waals surface area contributed by atoms with Gasteiger partial charge in [0.15, 0.2) is 0 Å². The lowest BCUT2D eigenvalue weighted by molar-refractivity contribution is 0.0225. The maximum Gasteiger partial charge on any atom is 0.411 e. The number of halogens is 1. The molecule has 1 saturated heterocycles. The number of pyridine rings is 2. The largest absolute Gasteiger partial charge is 0.444 e. The van der Waals surface area contributed by atoms with Crippen LogP contribution in [0.4, 0.5) is 10.6 Å². The predicted octanol–water partition coefficient (Wildman–Crippen LogP) is 4.72. The molecule has 0 radical (unpaired) electrons. The lowest BCUT2D eigenvalue weighted by Crippen LogP contribution is -2.49. The second-order valence-electron chi connectivity index (χ2n) is 7.83. The fourth-order valence-corrected chi connectivity index (χ4v) is 3.29. The minimum absolute atomic E-state index is 0.309. The van der Waals surface area contributed by atoms with Crippen LogP contribution in [0.2, 0.25) is 5.15 Å². The number of hydrogen-bond acceptors (Lipinski definition) is 5. The van der Waals surface area contributed by atoms with E-state index in [1.54, 1.807) is 11.1 Å². The van der Waals surface area contributed by atoms with Crippen molar-refractivity contribution in [3.63, 3.8) is 0 Å². The Hall–Kier alpha value is -2.34. The minimum atomic E-state index is -0.520. The van der Waals surface area contributed by atoms with Crippen molar-refractivity contribution in [1.82, 2.24) is 14.9 Å². The second kappa shape index (κ2) is 7.35. The lowest BCUT2D eigenvalue weighted by Gasteiger charge is -2.37. The molecule has 7 heteroatoms. The molecule has 0 spiro atoms. The topological polar surface area (TPSA) is 58.6 Å². The van der Waals surface area contributed by atoms with Crippen LogP contribution in [-0.4, -0.2) is 46.3 Å². The van der Waals surface area contributed by atoms with Gasteiger partial charge in [-0.15, -0.1) is 0 Å². The van der Waals surface area contributed by atoms with Gasteiger partial charge in [0.1, 0.15) is 16.6 Å². The molecule has 0 N–H and O–H groups in total. The molecule has 0 atom stereocenters. The summed E-state index contributed by atoms with van der Waals surface area (Å²) in [6.45, 7) is 13.5. The molecular formula is C20H25ClN4O2. The van der Waals surface area contributed by atoms with Crippen molar-refractivity contribution in [2.45, 2.75) is 39.7 Å². The van der Waals surface area contributed by atoms with Gasteiger partial charge in [-0.1, -0.05) is 18.2 Å². The molecule has 27 heavy (non-hydrogen) atoms. The zero-order valence-corrected chi connectivity index (χ0v) is 17.0. The number of fused-ring (bicyclic) bond motifs is 1. The first kappa shape index (κ1) is 19.4. The first-order valence-corrected chi connectivity index (χ1v) is 9.36. The Bertz CT molecular complexity index is 891. The van der Waals surface area contributed by atoms with E-state index < -0.39 is 5.60 Å². The van der Waals surface area contributed by atoms with E-state index >= 15 is 0 Å². The predicted molar refractivity (Wildman–Crippen MR) is 109 cm³/mol. The molecule has 3 rings (SSSR count). The maximum absolute atomic E-state index is 12.5. The molecule has 1 aliphatic rings. The van der Waals surface area contributed by atoms with Gasteiger partial charge >= 0.3 is 6.09 Å². The number of anilines is 1. The Morgan fingerprint density at radius 1 is 1.22 bits per heavy atom. The standard InChI is InChI=1S/C20H25ClN4O2/c1-13(2)15-10-23-18(16-11-22-17(21)9-14(15)16)24-7-6-8-25(12-24)19(26)27-20(3,4)5/h9-11H,1,6-8,12H2,2-5H3. The second-order valence-corrected chi connectivity index (χ2v) is 8.22. The molecule has 2 aromatic rings. The normalized spacial score (nSPS) is 15.1. The molecule has 0 aliphatic carbocycles. The summed E-state index contributed by atoms with van der Waals surface area (Å²) in [5.74, 6) is 0.785. The van der Waals surface area contributed by atoms with Crippen LogP contribution in [0.3, 0.4) is 0 Å². The number of ether oxygens (including phenoxy) is 1. The highest BCUT2D eigenvalue weighted by molar-refractivity contribution is 6.30. The summed E-state index contributed by atoms with van der Waals surface area (Å²) in [5, 5.41) is 2.28. The summed E-state index contributed by atoms with van der Waals surface area (Å²) < 4.78 is 5.51. The number of allylic oxidation sites excluding steroid dienone is 1. The molecule has 1 amide bonds. The quantitative estimate of drug-likeness (QED) is 0.696. The molecule has 0 unspecified atom stereocenters. The summed E-state index contributed by atoms with van der Waals surface area (Å²) >= 11 is 6.12. The highest BCUT2D eigenvalue weighted by atomic mass is 35.5. The summed E-state index contributed by atoms with van der Waals surface area (Å²) in [4.78, 5) is 25.1. The van der Waals surface area contributed by atoms with E-state index in [1.165, 1.54) is 0 Å². The summed E-state index contributed by atoms with van der Waals surface area (Å²) in [5.41, 5.74) is 1.34. The molecule has 0 aromatic carbocycles. The number of amides is 1. The maximum atomic E-state index is 12.5. The third kappa shape index (κ3) is 4.33. The van der Waals surface area contributed by atoms with Gasteiger partial charge in [0.2, 0.25) is 0 Å². The monoisotopic (exact) mass is 388 g/mol. The Morgan fingerprint density at radius 2 is 1.96 bits per heavy atom. The van der Waals surface area contributed by atoms with Crippen molar-refractivity contribution in [1.29, 1.82) is 0 Å². The fourth-order valence-electron chi connectivity index (χ4n) is 3.14. The van der Waals surface area contributed by atoms with Crippen LogP contribution in [0, 0.1) is 0 Å². The average molecular weight is 389 g/mol. The van der Waals surface area contributed by atoms with E-state index in [9.17, 15) is 4.79 Å². The number of rotatable bonds is 2. The molecule has 0 bridgehead atoms. The van der Waals surface area contributed by atoms with Crippen molar-refractivity contribution < 1.29 is 9.53 Å². The van der Waals surface area contributed by atoms with Crippen molar-refractivity contribution in [3.05, 3.63) is 35.8 Å². The zero-order chi connectivity index (χ0) is 19.8. The molecule has 0 saturated carbocycles. The highest BCUT2D eigenvalue weighted by Gasteiger charge is 2.28. The molecule has 2 aromatic heterocycles. The number of carbonyl (C=O) groups excluding carboxylic acids is 1. The lowest BCUT2D eigenvalue weighted by atomic mass is 10.0. The van der Waals surface area contributed by atoms with E-state index in [0.29, 0.717) is 18.4 Å². The van der Waals surface area contributed by atoms with Crippen LogP contribution in [0.25, 0.3) is 16.3 Å². The molecule has 1 aliphatic heterocycles. The molecule has 6 nitrogen and oxygen atoms in total. The van der Waals surface area contributed by atoms with Gasteiger partial charge in [-0.05, 0) is 51.1 Å². The molecule has 3 heterocycles. The fraction of sp³-hybridized carbons (Fsp3) is 0.450. The third-order valence-corrected chi connectivity index (χ3v) is 4.53. The van der Waals surface area contributed by atoms with Gasteiger partial charge in [-0.3, -0.25) is 4.90 Å². The van der Waals surface area contributed by atoms with Crippen molar-refractivity contribution >= 4 is 39.9 Å². The van der Waals surface area contributed by atoms with Gasteiger partial charge in [-0.2, -0.15) is 0 Å². The number of carbonyl (C=O) groups is 1. The number of aromatic nitrogens is 2. The smallest absolute Gasteiger partial charge is 0.411 e. The molecule has 1 fully saturated rings. The first-order chi connectivity index (χ1) is 12.7. The van der Waals surface area contributed by atoms with Crippen molar-refractivity contribution in [2.75, 3.05) is 24.7 Å². The van der Waals surface area contributed by atoms with E-state index in [0.717, 1.165) is 40.7 Å². The van der Waals surface area contributed by atoms with Crippen LogP contribution < -0.4 is 4.90 Å². The van der Waals surface area contributed by atoms with Gasteiger partial charge in [0.25, 0.3) is 0 Å². The number of nitrogens with zero attached hydrogens (tertiary/aromatic N) is 4. The van der Waals surface area contributed by atoms with Gasteiger partial charge < -0.3 is 9.64 Å². The Kier molecular flexibility index (Phi) is 5.29. The summed E-state index contributed by atoms with van der Waals surface area (Å²) in [6.07, 6.45) is 4.07. The minimum Gasteiger partial charge on any atom is -0.444 e. The number of hydrogen-bond donors (Lipinski definition) is 0. The third-order valence-electron chi connectivity index (χ3n) is 4.33. The molecular weight excluding hydrogens is 364 g/mol. The van der Waals surface area contributed by atoms with E-state index in [-0.39, 0.29) is 6.09 Å². The van der Waals surface area contributed by atoms with E-state index in [2.05, 4.69) is 21.4 Å². The van der Waals surface area contributed by atoms with Gasteiger partial charge in [-0.25, -0.2) is 14.8 Å². The first-order valence-electron chi connectivity index (χ1n) is 8.99. The Balaban J connectivity index is 1.94. The summed E-state index contributed by atoms with van der Waals surface area (Å²) in [6, 6.07) is 1.83. The van der Waals surface area contributed by atoms with Crippen molar-refractivity contribution in [2.24, 2.45) is 0 Å². The highest BCUT2D eigenvalue weighted by Crippen LogP contribution is 2.32. The van der Waals surface area contributed by atoms with Crippen LogP contribution in [0.5, 0.6) is 0 Å². The Morgan fingerprint density at radius 3 is 2.63 bits per heavy atom. The molecule has 144 valence electrons. The zero-order valence-electron chi connectivity index (χ0n) is 16.3. The SMILES string of the molecule is C=C(C)c1cnc(N2CCCN(C(=O)OC(C)(C)C)C2)c2cnc(Cl)cc12. The Labute approximate surface area is 164 Å². The van der Waals surface area contributed by atoms with Gasteiger partial charge in [0, 0.05) is 36.4 Å². The summed E-state index contributed by atoms with van der Waals surface area (Å²) in [7, 11) is 0. The van der Waals surface area contributed by atoms with Crippen LogP contribution in [-0.2, 0) is 4.74 Å². The average Bonchev–Trinajstić information content (AvgIpc) is 2.59. The van der Waals surface area contributed by atoms with Crippen LogP contribution in [0.1, 0.15) is 39.7 Å². The van der Waals surface area contributed by atoms with Gasteiger partial charge in [0.05, 0.1) is 6.67 Å². The van der Waals surface area contributed by atoms with Crippen LogP contribution >= 0.6 is 11.6 Å². The van der Waals surface area contributed by atoms with Crippen molar-refractivity contribution in [3.8, 4) is 0 Å². The van der Waals surface area contributed by atoms with E-state index in [4.69, 9.17) is 16.3 Å². The van der Waals surface area contributed by atoms with Crippen LogP contribution in [0.15, 0.2) is 25.0 Å².